The fourth-order valence-corrected chi connectivity index (χ4v) is 2.07. The quantitative estimate of drug-likeness (QED) is 0.692. The number of benzene rings is 1. The molecule has 1 aromatic heterocycles. The zero-order chi connectivity index (χ0) is 14.0. The molecule has 0 saturated carbocycles. The van der Waals surface area contributed by atoms with Gasteiger partial charge in [-0.2, -0.15) is 5.10 Å². The van der Waals surface area contributed by atoms with E-state index < -0.39 is 5.97 Å². The monoisotopic (exact) mass is 279 g/mol. The molecule has 5 nitrogen and oxygen atoms in total. The van der Waals surface area contributed by atoms with Crippen LogP contribution >= 0.6 is 11.6 Å². The first-order valence-electron chi connectivity index (χ1n) is 5.80. The minimum Gasteiger partial charge on any atom is -0.462 e. The number of aryl methyl sites for hydroxylation is 1. The summed E-state index contributed by atoms with van der Waals surface area (Å²) in [6.07, 6.45) is 3.46. The van der Waals surface area contributed by atoms with Crippen LogP contribution in [-0.2, 0) is 4.74 Å². The molecule has 0 amide bonds. The third-order valence-corrected chi connectivity index (χ3v) is 2.81. The van der Waals surface area contributed by atoms with Crippen molar-refractivity contribution in [1.29, 1.82) is 0 Å². The molecule has 6 heteroatoms. The van der Waals surface area contributed by atoms with Gasteiger partial charge in [-0.25, -0.2) is 9.48 Å². The molecule has 0 saturated heterocycles. The maximum atomic E-state index is 12.0. The molecule has 1 heterocycles. The highest BCUT2D eigenvalue weighted by atomic mass is 35.5. The maximum Gasteiger partial charge on any atom is 0.340 e. The predicted octanol–water partition coefficient (Wildman–Crippen LogP) is 2.59. The average Bonchev–Trinajstić information content (AvgIpc) is 2.74. The zero-order valence-corrected chi connectivity index (χ0v) is 11.4. The summed E-state index contributed by atoms with van der Waals surface area (Å²) in [4.78, 5) is 12.0. The molecule has 2 aromatic rings. The summed E-state index contributed by atoms with van der Waals surface area (Å²) in [7, 11) is 0. The molecule has 0 aliphatic rings. The second-order valence-electron chi connectivity index (χ2n) is 4.08. The lowest BCUT2D eigenvalue weighted by atomic mass is 10.1. The van der Waals surface area contributed by atoms with Crippen molar-refractivity contribution in [3.05, 3.63) is 40.7 Å². The Bertz CT molecular complexity index is 622. The minimum atomic E-state index is -0.472. The van der Waals surface area contributed by atoms with Crippen molar-refractivity contribution in [1.82, 2.24) is 9.78 Å². The molecule has 0 radical (unpaired) electrons. The molecule has 2 rings (SSSR count). The molecule has 0 fully saturated rings. The van der Waals surface area contributed by atoms with Crippen LogP contribution in [0.5, 0.6) is 0 Å². The van der Waals surface area contributed by atoms with Crippen LogP contribution in [-0.4, -0.2) is 22.4 Å². The number of nitrogens with two attached hydrogens (primary N) is 1. The van der Waals surface area contributed by atoms with Crippen molar-refractivity contribution in [3.63, 3.8) is 0 Å². The van der Waals surface area contributed by atoms with E-state index >= 15 is 0 Å². The summed E-state index contributed by atoms with van der Waals surface area (Å²) in [6.45, 7) is 3.92. The first-order valence-corrected chi connectivity index (χ1v) is 6.18. The molecule has 0 atom stereocenters. The van der Waals surface area contributed by atoms with Crippen LogP contribution in [0, 0.1) is 6.92 Å². The molecule has 0 aliphatic heterocycles. The van der Waals surface area contributed by atoms with E-state index in [-0.39, 0.29) is 6.61 Å². The Morgan fingerprint density at radius 1 is 1.53 bits per heavy atom. The second-order valence-corrected chi connectivity index (χ2v) is 4.49. The van der Waals surface area contributed by atoms with E-state index in [0.29, 0.717) is 22.0 Å². The van der Waals surface area contributed by atoms with Crippen molar-refractivity contribution in [3.8, 4) is 5.69 Å². The number of aromatic nitrogens is 2. The normalized spacial score (nSPS) is 10.5. The molecule has 19 heavy (non-hydrogen) atoms. The van der Waals surface area contributed by atoms with Crippen LogP contribution in [0.4, 0.5) is 5.69 Å². The lowest BCUT2D eigenvalue weighted by molar-refractivity contribution is 0.0526. The number of hydrogen-bond acceptors (Lipinski definition) is 4. The zero-order valence-electron chi connectivity index (χ0n) is 10.7. The number of ether oxygens (including phenoxy) is 1. The molecule has 0 spiro atoms. The number of anilines is 1. The van der Waals surface area contributed by atoms with Gasteiger partial charge < -0.3 is 10.5 Å². The lowest BCUT2D eigenvalue weighted by Crippen LogP contribution is -2.11. The summed E-state index contributed by atoms with van der Waals surface area (Å²) in [5.41, 5.74) is 7.86. The Kier molecular flexibility index (Phi) is 3.76. The third-order valence-electron chi connectivity index (χ3n) is 2.52. The lowest BCUT2D eigenvalue weighted by Gasteiger charge is -2.11. The van der Waals surface area contributed by atoms with Crippen LogP contribution in [0.25, 0.3) is 5.69 Å². The Morgan fingerprint density at radius 2 is 2.26 bits per heavy atom. The minimum absolute atomic E-state index is 0.281. The second kappa shape index (κ2) is 5.32. The van der Waals surface area contributed by atoms with E-state index in [1.807, 2.05) is 6.92 Å². The topological polar surface area (TPSA) is 70.1 Å². The number of esters is 1. The van der Waals surface area contributed by atoms with Gasteiger partial charge in [0.25, 0.3) is 0 Å². The predicted molar refractivity (Wildman–Crippen MR) is 73.7 cm³/mol. The standard InChI is InChI=1S/C13H14ClN3O2/c1-3-19-13(18)10-4-9(15)5-11(14)12(10)17-7-8(2)6-16-17/h4-7H,3,15H2,1-2H3. The van der Waals surface area contributed by atoms with E-state index in [1.54, 1.807) is 30.1 Å². The van der Waals surface area contributed by atoms with Gasteiger partial charge in [0.2, 0.25) is 0 Å². The average molecular weight is 280 g/mol. The van der Waals surface area contributed by atoms with Crippen LogP contribution < -0.4 is 5.73 Å². The molecule has 100 valence electrons. The van der Waals surface area contributed by atoms with Crippen LogP contribution in [0.15, 0.2) is 24.5 Å². The molecule has 0 unspecified atom stereocenters. The van der Waals surface area contributed by atoms with Gasteiger partial charge >= 0.3 is 5.97 Å². The largest absolute Gasteiger partial charge is 0.462 e. The first kappa shape index (κ1) is 13.4. The summed E-state index contributed by atoms with van der Waals surface area (Å²) in [6, 6.07) is 3.12. The highest BCUT2D eigenvalue weighted by Crippen LogP contribution is 2.28. The maximum absolute atomic E-state index is 12.0. The van der Waals surface area contributed by atoms with Gasteiger partial charge in [0.15, 0.2) is 0 Å². The number of carbonyl (C=O) groups excluding carboxylic acids is 1. The Hall–Kier alpha value is -2.01. The Labute approximate surface area is 115 Å². The molecular formula is C13H14ClN3O2. The van der Waals surface area contributed by atoms with Gasteiger partial charge in [-0.05, 0) is 31.5 Å². The fraction of sp³-hybridized carbons (Fsp3) is 0.231. The summed E-state index contributed by atoms with van der Waals surface area (Å²) < 4.78 is 6.56. The third kappa shape index (κ3) is 2.71. The van der Waals surface area contributed by atoms with E-state index in [2.05, 4.69) is 5.10 Å². The van der Waals surface area contributed by atoms with Crippen molar-refractivity contribution < 1.29 is 9.53 Å². The van der Waals surface area contributed by atoms with Gasteiger partial charge in [-0.3, -0.25) is 0 Å². The highest BCUT2D eigenvalue weighted by Gasteiger charge is 2.18. The van der Waals surface area contributed by atoms with Crippen LogP contribution in [0.2, 0.25) is 5.02 Å². The van der Waals surface area contributed by atoms with Gasteiger partial charge in [0.05, 0.1) is 29.1 Å². The highest BCUT2D eigenvalue weighted by molar-refractivity contribution is 6.33. The molecule has 0 bridgehead atoms. The summed E-state index contributed by atoms with van der Waals surface area (Å²) >= 11 is 6.17. The van der Waals surface area contributed by atoms with E-state index in [1.165, 1.54) is 6.07 Å². The van der Waals surface area contributed by atoms with E-state index in [9.17, 15) is 4.79 Å². The Morgan fingerprint density at radius 3 is 2.84 bits per heavy atom. The Balaban J connectivity index is 2.61. The molecule has 0 aliphatic carbocycles. The van der Waals surface area contributed by atoms with Crippen molar-refractivity contribution in [2.75, 3.05) is 12.3 Å². The SMILES string of the molecule is CCOC(=O)c1cc(N)cc(Cl)c1-n1cc(C)cn1. The van der Waals surface area contributed by atoms with Crippen molar-refractivity contribution in [2.45, 2.75) is 13.8 Å². The summed E-state index contributed by atoms with van der Waals surface area (Å²) in [5, 5.41) is 4.52. The van der Waals surface area contributed by atoms with E-state index in [4.69, 9.17) is 22.1 Å². The molecule has 2 N–H and O–H groups in total. The van der Waals surface area contributed by atoms with Crippen molar-refractivity contribution in [2.24, 2.45) is 0 Å². The first-order chi connectivity index (χ1) is 9.02. The summed E-state index contributed by atoms with van der Waals surface area (Å²) in [5.74, 6) is -0.472. The molecule has 1 aromatic carbocycles. The number of nitrogen functional groups attached to an aromatic ring is 1. The number of halogens is 1. The van der Waals surface area contributed by atoms with Crippen LogP contribution in [0.1, 0.15) is 22.8 Å². The van der Waals surface area contributed by atoms with Gasteiger partial charge in [-0.1, -0.05) is 11.6 Å². The number of nitrogens with zero attached hydrogens (tertiary/aromatic N) is 2. The molecular weight excluding hydrogens is 266 g/mol. The fourth-order valence-electron chi connectivity index (χ4n) is 1.75. The number of carbonyl (C=O) groups is 1. The van der Waals surface area contributed by atoms with Crippen LogP contribution in [0.3, 0.4) is 0 Å². The smallest absolute Gasteiger partial charge is 0.340 e. The number of hydrogen-bond donors (Lipinski definition) is 1. The van der Waals surface area contributed by atoms with Gasteiger partial charge in [0, 0.05) is 11.9 Å². The van der Waals surface area contributed by atoms with Gasteiger partial charge in [0.1, 0.15) is 0 Å². The van der Waals surface area contributed by atoms with Gasteiger partial charge in [-0.15, -0.1) is 0 Å². The number of rotatable bonds is 3. The van der Waals surface area contributed by atoms with Crippen molar-refractivity contribution >= 4 is 23.3 Å². The van der Waals surface area contributed by atoms with E-state index in [0.717, 1.165) is 5.56 Å².